The molecule has 0 spiro atoms. The fourth-order valence-corrected chi connectivity index (χ4v) is 1.22. The summed E-state index contributed by atoms with van der Waals surface area (Å²) in [5.41, 5.74) is -0.486. The third-order valence-corrected chi connectivity index (χ3v) is 2.12. The molecule has 4 nitrogen and oxygen atoms in total. The Labute approximate surface area is 105 Å². The molecule has 0 rings (SSSR count). The van der Waals surface area contributed by atoms with Gasteiger partial charge in [0.2, 0.25) is 0 Å². The molecule has 0 aromatic heterocycles. The van der Waals surface area contributed by atoms with Gasteiger partial charge in [0.25, 0.3) is 0 Å². The number of hydrogen-bond acceptors (Lipinski definition) is 3. The van der Waals surface area contributed by atoms with Crippen LogP contribution in [-0.2, 0) is 4.74 Å². The molecule has 0 aromatic carbocycles. The third kappa shape index (κ3) is 8.56. The van der Waals surface area contributed by atoms with Gasteiger partial charge in [0, 0.05) is 13.1 Å². The zero-order valence-corrected chi connectivity index (χ0v) is 11.6. The molecule has 0 atom stereocenters. The van der Waals surface area contributed by atoms with Crippen LogP contribution in [0, 0.1) is 17.2 Å². The highest BCUT2D eigenvalue weighted by molar-refractivity contribution is 5.68. The molecular formula is C13H24N2O2. The van der Waals surface area contributed by atoms with E-state index in [1.54, 1.807) is 4.90 Å². The predicted octanol–water partition coefficient (Wildman–Crippen LogP) is 3.18. The second-order valence-electron chi connectivity index (χ2n) is 5.56. The molecule has 0 heterocycles. The van der Waals surface area contributed by atoms with E-state index in [0.29, 0.717) is 25.4 Å². The van der Waals surface area contributed by atoms with E-state index in [0.717, 1.165) is 6.42 Å². The lowest BCUT2D eigenvalue weighted by atomic mass is 10.1. The Morgan fingerprint density at radius 1 is 1.35 bits per heavy atom. The van der Waals surface area contributed by atoms with Crippen molar-refractivity contribution >= 4 is 6.09 Å². The van der Waals surface area contributed by atoms with Gasteiger partial charge >= 0.3 is 6.09 Å². The quantitative estimate of drug-likeness (QED) is 0.741. The summed E-state index contributed by atoms with van der Waals surface area (Å²) in [6.45, 7) is 10.8. The Balaban J connectivity index is 4.35. The zero-order valence-electron chi connectivity index (χ0n) is 11.6. The molecule has 0 aromatic rings. The van der Waals surface area contributed by atoms with Gasteiger partial charge in [-0.05, 0) is 33.1 Å². The largest absolute Gasteiger partial charge is 0.444 e. The molecule has 4 heteroatoms. The summed E-state index contributed by atoms with van der Waals surface area (Å²) >= 11 is 0. The molecule has 0 fully saturated rings. The average Bonchev–Trinajstić information content (AvgIpc) is 2.14. The molecule has 0 unspecified atom stereocenters. The van der Waals surface area contributed by atoms with E-state index in [9.17, 15) is 4.79 Å². The number of rotatable bonds is 5. The first-order chi connectivity index (χ1) is 7.76. The van der Waals surface area contributed by atoms with E-state index < -0.39 is 5.60 Å². The van der Waals surface area contributed by atoms with Gasteiger partial charge in [-0.15, -0.1) is 0 Å². The summed E-state index contributed by atoms with van der Waals surface area (Å²) in [6, 6.07) is 2.05. The van der Waals surface area contributed by atoms with Crippen molar-refractivity contribution in [3.05, 3.63) is 0 Å². The third-order valence-electron chi connectivity index (χ3n) is 2.12. The molecule has 0 saturated heterocycles. The van der Waals surface area contributed by atoms with E-state index in [4.69, 9.17) is 10.00 Å². The maximum atomic E-state index is 11.9. The van der Waals surface area contributed by atoms with Crippen molar-refractivity contribution in [2.75, 3.05) is 13.1 Å². The Hall–Kier alpha value is -1.24. The lowest BCUT2D eigenvalue weighted by molar-refractivity contribution is 0.0246. The van der Waals surface area contributed by atoms with Crippen LogP contribution in [0.25, 0.3) is 0 Å². The smallest absolute Gasteiger partial charge is 0.410 e. The lowest BCUT2D eigenvalue weighted by Crippen LogP contribution is -2.38. The number of carbonyl (C=O) groups excluding carboxylic acids is 1. The predicted molar refractivity (Wildman–Crippen MR) is 67.5 cm³/mol. The normalized spacial score (nSPS) is 11.1. The molecule has 0 N–H and O–H groups in total. The minimum atomic E-state index is -0.486. The second kappa shape index (κ2) is 7.16. The summed E-state index contributed by atoms with van der Waals surface area (Å²) in [5, 5.41) is 8.58. The molecule has 0 radical (unpaired) electrons. The first-order valence-corrected chi connectivity index (χ1v) is 6.11. The van der Waals surface area contributed by atoms with Crippen molar-refractivity contribution in [3.8, 4) is 6.07 Å². The van der Waals surface area contributed by atoms with E-state index >= 15 is 0 Å². The van der Waals surface area contributed by atoms with Gasteiger partial charge in [0.05, 0.1) is 12.5 Å². The van der Waals surface area contributed by atoms with Gasteiger partial charge in [0.1, 0.15) is 5.60 Å². The number of amides is 1. The van der Waals surface area contributed by atoms with Crippen LogP contribution in [0.15, 0.2) is 0 Å². The number of hydrogen-bond donors (Lipinski definition) is 0. The van der Waals surface area contributed by atoms with Crippen LogP contribution in [0.1, 0.15) is 47.5 Å². The van der Waals surface area contributed by atoms with Gasteiger partial charge < -0.3 is 9.64 Å². The van der Waals surface area contributed by atoms with Crippen molar-refractivity contribution in [1.29, 1.82) is 5.26 Å². The summed E-state index contributed by atoms with van der Waals surface area (Å²) in [4.78, 5) is 13.5. The monoisotopic (exact) mass is 240 g/mol. The molecule has 0 bridgehead atoms. The molecule has 1 amide bonds. The van der Waals surface area contributed by atoms with Crippen molar-refractivity contribution < 1.29 is 9.53 Å². The first kappa shape index (κ1) is 15.8. The topological polar surface area (TPSA) is 53.3 Å². The van der Waals surface area contributed by atoms with E-state index in [-0.39, 0.29) is 6.09 Å². The fraction of sp³-hybridized carbons (Fsp3) is 0.846. The SMILES string of the molecule is CC(C)CCN(CCC#N)C(=O)OC(C)(C)C. The highest BCUT2D eigenvalue weighted by Gasteiger charge is 2.21. The van der Waals surface area contributed by atoms with Crippen LogP contribution >= 0.6 is 0 Å². The molecular weight excluding hydrogens is 216 g/mol. The molecule has 17 heavy (non-hydrogen) atoms. The van der Waals surface area contributed by atoms with Crippen molar-refractivity contribution in [2.45, 2.75) is 53.1 Å². The molecule has 0 aliphatic rings. The maximum absolute atomic E-state index is 11.9. The maximum Gasteiger partial charge on any atom is 0.410 e. The Bertz CT molecular complexity index is 274. The van der Waals surface area contributed by atoms with Crippen LogP contribution in [0.3, 0.4) is 0 Å². The Morgan fingerprint density at radius 3 is 2.35 bits per heavy atom. The summed E-state index contributed by atoms with van der Waals surface area (Å²) in [7, 11) is 0. The molecule has 0 aliphatic carbocycles. The van der Waals surface area contributed by atoms with Gasteiger partial charge in [-0.25, -0.2) is 4.79 Å². The van der Waals surface area contributed by atoms with E-state index in [2.05, 4.69) is 19.9 Å². The molecule has 0 aliphatic heterocycles. The number of nitrogens with zero attached hydrogens (tertiary/aromatic N) is 2. The Kier molecular flexibility index (Phi) is 6.64. The fourth-order valence-electron chi connectivity index (χ4n) is 1.22. The van der Waals surface area contributed by atoms with Gasteiger partial charge in [-0.3, -0.25) is 0 Å². The van der Waals surface area contributed by atoms with Crippen LogP contribution in [-0.4, -0.2) is 29.7 Å². The lowest BCUT2D eigenvalue weighted by Gasteiger charge is -2.27. The molecule has 98 valence electrons. The first-order valence-electron chi connectivity index (χ1n) is 6.11. The van der Waals surface area contributed by atoms with Gasteiger partial charge in [-0.2, -0.15) is 5.26 Å². The zero-order chi connectivity index (χ0) is 13.5. The van der Waals surface area contributed by atoms with Crippen LogP contribution in [0.5, 0.6) is 0 Å². The minimum absolute atomic E-state index is 0.326. The van der Waals surface area contributed by atoms with Crippen LogP contribution in [0.2, 0.25) is 0 Å². The summed E-state index contributed by atoms with van der Waals surface area (Å²) in [6.07, 6.45) is 0.940. The van der Waals surface area contributed by atoms with Gasteiger partial charge in [0.15, 0.2) is 0 Å². The number of ether oxygens (including phenoxy) is 1. The highest BCUT2D eigenvalue weighted by Crippen LogP contribution is 2.11. The Morgan fingerprint density at radius 2 is 1.94 bits per heavy atom. The summed E-state index contributed by atoms with van der Waals surface area (Å²) in [5.74, 6) is 0.530. The van der Waals surface area contributed by atoms with Crippen molar-refractivity contribution in [3.63, 3.8) is 0 Å². The summed E-state index contributed by atoms with van der Waals surface area (Å²) < 4.78 is 5.31. The van der Waals surface area contributed by atoms with Gasteiger partial charge in [-0.1, -0.05) is 13.8 Å². The van der Waals surface area contributed by atoms with Crippen molar-refractivity contribution in [2.24, 2.45) is 5.92 Å². The second-order valence-corrected chi connectivity index (χ2v) is 5.56. The van der Waals surface area contributed by atoms with Crippen molar-refractivity contribution in [1.82, 2.24) is 4.90 Å². The van der Waals surface area contributed by atoms with Crippen LogP contribution in [0.4, 0.5) is 4.79 Å². The number of carbonyl (C=O) groups is 1. The standard InChI is InChI=1S/C13H24N2O2/c1-11(2)7-10-15(9-6-8-14)12(16)17-13(3,4)5/h11H,6-7,9-10H2,1-5H3. The number of nitriles is 1. The molecule has 0 saturated carbocycles. The van der Waals surface area contributed by atoms with E-state index in [1.807, 2.05) is 20.8 Å². The average molecular weight is 240 g/mol. The van der Waals surface area contributed by atoms with Crippen LogP contribution < -0.4 is 0 Å². The minimum Gasteiger partial charge on any atom is -0.444 e. The highest BCUT2D eigenvalue weighted by atomic mass is 16.6. The van der Waals surface area contributed by atoms with E-state index in [1.165, 1.54) is 0 Å².